The van der Waals surface area contributed by atoms with Crippen LogP contribution in [0.25, 0.3) is 0 Å². The van der Waals surface area contributed by atoms with Crippen LogP contribution in [0.2, 0.25) is 0 Å². The molecule has 2 N–H and O–H groups in total. The van der Waals surface area contributed by atoms with Gasteiger partial charge < -0.3 is 19.7 Å². The fourth-order valence-corrected chi connectivity index (χ4v) is 2.32. The van der Waals surface area contributed by atoms with Gasteiger partial charge in [-0.05, 0) is 0 Å². The molecule has 1 aliphatic heterocycles. The molecule has 1 aliphatic rings. The summed E-state index contributed by atoms with van der Waals surface area (Å²) in [5.74, 6) is -4.17. The van der Waals surface area contributed by atoms with E-state index in [-0.39, 0.29) is 19.6 Å². The zero-order valence-electron chi connectivity index (χ0n) is 12.7. The summed E-state index contributed by atoms with van der Waals surface area (Å²) in [6, 6.07) is 0. The molecule has 13 heteroatoms. The van der Waals surface area contributed by atoms with Gasteiger partial charge in [-0.15, -0.1) is 0 Å². The predicted octanol–water partition coefficient (Wildman–Crippen LogP) is -0.444. The molecule has 25 heavy (non-hydrogen) atoms. The Balaban J connectivity index is 2.74. The second-order valence-electron chi connectivity index (χ2n) is 5.05. The Morgan fingerprint density at radius 2 is 1.68 bits per heavy atom. The maximum atomic E-state index is 11.8. The van der Waals surface area contributed by atoms with Crippen LogP contribution in [-0.4, -0.2) is 93.2 Å². The van der Waals surface area contributed by atoms with Gasteiger partial charge in [0.05, 0.1) is 26.2 Å². The van der Waals surface area contributed by atoms with Crippen LogP contribution in [0.4, 0.5) is 0 Å². The fourth-order valence-electron chi connectivity index (χ4n) is 1.91. The summed E-state index contributed by atoms with van der Waals surface area (Å²) in [5, 5.41) is 17.6. The van der Waals surface area contributed by atoms with Crippen molar-refractivity contribution < 1.29 is 38.9 Å². The van der Waals surface area contributed by atoms with Crippen molar-refractivity contribution in [1.82, 2.24) is 9.80 Å². The van der Waals surface area contributed by atoms with Crippen LogP contribution in [0.1, 0.15) is 0 Å². The van der Waals surface area contributed by atoms with E-state index in [1.807, 2.05) is 0 Å². The molecule has 142 valence electrons. The number of ether oxygens (including phenoxy) is 2. The minimum Gasteiger partial charge on any atom is -0.480 e. The summed E-state index contributed by atoms with van der Waals surface area (Å²) in [4.78, 5) is 47.5. The molecule has 1 heterocycles. The van der Waals surface area contributed by atoms with Gasteiger partial charge >= 0.3 is 28.4 Å². The van der Waals surface area contributed by atoms with Crippen molar-refractivity contribution in [2.75, 3.05) is 39.3 Å². The van der Waals surface area contributed by atoms with Crippen molar-refractivity contribution in [2.45, 2.75) is 10.1 Å². The highest BCUT2D eigenvalue weighted by Gasteiger charge is 2.42. The first-order valence-electron chi connectivity index (χ1n) is 6.81. The van der Waals surface area contributed by atoms with Crippen molar-refractivity contribution in [1.29, 1.82) is 0 Å². The molecular weight excluding hydrogens is 406 g/mol. The summed E-state index contributed by atoms with van der Waals surface area (Å²) in [6.07, 6.45) is 0. The second-order valence-corrected chi connectivity index (χ2v) is 6.76. The number of carbonyl (C=O) groups excluding carboxylic acids is 2. The van der Waals surface area contributed by atoms with Crippen LogP contribution in [-0.2, 0) is 28.7 Å². The van der Waals surface area contributed by atoms with Crippen LogP contribution in [0, 0.1) is 0 Å². The van der Waals surface area contributed by atoms with E-state index in [1.165, 1.54) is 4.90 Å². The lowest BCUT2D eigenvalue weighted by Gasteiger charge is -2.24. The van der Waals surface area contributed by atoms with E-state index in [2.05, 4.69) is 0 Å². The molecule has 0 saturated carbocycles. The number of carboxylic acids is 2. The van der Waals surface area contributed by atoms with Crippen LogP contribution in [0.5, 0.6) is 0 Å². The van der Waals surface area contributed by atoms with Gasteiger partial charge in [0.15, 0.2) is 0 Å². The number of rotatable bonds is 7. The number of nitrogens with zero attached hydrogens (tertiary/aromatic N) is 2. The van der Waals surface area contributed by atoms with Gasteiger partial charge in [-0.2, -0.15) is 0 Å². The third kappa shape index (κ3) is 8.06. The van der Waals surface area contributed by atoms with Gasteiger partial charge in [0.25, 0.3) is 0 Å². The van der Waals surface area contributed by atoms with Gasteiger partial charge in [0, 0.05) is 13.1 Å². The number of cyclic esters (lactones) is 2. The molecule has 1 atom stereocenters. The lowest BCUT2D eigenvalue weighted by molar-refractivity contribution is -0.155. The molecule has 0 aromatic rings. The van der Waals surface area contributed by atoms with Gasteiger partial charge in [-0.25, -0.2) is 0 Å². The lowest BCUT2D eigenvalue weighted by atomic mass is 10.4. The highest BCUT2D eigenvalue weighted by Crippen LogP contribution is 2.32. The summed E-state index contributed by atoms with van der Waals surface area (Å²) in [5.41, 5.74) is -1.62. The zero-order chi connectivity index (χ0) is 19.2. The van der Waals surface area contributed by atoms with Crippen molar-refractivity contribution in [3.8, 4) is 0 Å². The van der Waals surface area contributed by atoms with Crippen LogP contribution < -0.4 is 0 Å². The summed E-state index contributed by atoms with van der Waals surface area (Å²) in [6.45, 7) is -1.90. The highest BCUT2D eigenvalue weighted by atomic mass is 35.5. The molecular formula is C12H15Cl3N2O8. The van der Waals surface area contributed by atoms with E-state index < -0.39 is 53.6 Å². The van der Waals surface area contributed by atoms with E-state index in [4.69, 9.17) is 54.5 Å². The lowest BCUT2D eigenvalue weighted by Crippen LogP contribution is -2.43. The predicted molar refractivity (Wildman–Crippen MR) is 84.4 cm³/mol. The zero-order valence-corrected chi connectivity index (χ0v) is 15.0. The number of carbonyl (C=O) groups is 4. The number of alkyl halides is 3. The number of carboxylic acid groups (broad SMARTS) is 2. The molecule has 0 radical (unpaired) electrons. The van der Waals surface area contributed by atoms with E-state index in [0.29, 0.717) is 0 Å². The van der Waals surface area contributed by atoms with Gasteiger partial charge in [-0.3, -0.25) is 29.0 Å². The first-order chi connectivity index (χ1) is 11.5. The maximum absolute atomic E-state index is 11.8. The average molecular weight is 422 g/mol. The Labute approximate surface area is 157 Å². The Bertz CT molecular complexity index is 528. The van der Waals surface area contributed by atoms with Crippen LogP contribution in [0.15, 0.2) is 0 Å². The highest BCUT2D eigenvalue weighted by molar-refractivity contribution is 6.51. The molecule has 0 spiro atoms. The Morgan fingerprint density at radius 1 is 1.16 bits per heavy atom. The summed E-state index contributed by atoms with van der Waals surface area (Å²) >= 11 is 17.0. The first kappa shape index (κ1) is 21.7. The molecule has 0 amide bonds. The number of aliphatic carboxylic acids is 2. The second kappa shape index (κ2) is 9.39. The molecule has 10 nitrogen and oxygen atoms in total. The number of hydrogen-bond donors (Lipinski definition) is 2. The minimum atomic E-state index is -2.26. The fraction of sp³-hybridized carbons (Fsp3) is 0.667. The largest absolute Gasteiger partial charge is 0.480 e. The van der Waals surface area contributed by atoms with E-state index in [9.17, 15) is 19.2 Å². The van der Waals surface area contributed by atoms with Gasteiger partial charge in [-0.1, -0.05) is 34.8 Å². The topological polar surface area (TPSA) is 134 Å². The third-order valence-electron chi connectivity index (χ3n) is 2.90. The standard InChI is InChI=1S/C12H15Cl3N2O8/c13-11-12(14,15)25-10(23)6-17(5-9(22)24-11)2-1-16(3-7(18)19)4-8(20)21/h11H,1-6H2,(H,18,19)(H,20,21). The SMILES string of the molecule is O=C(O)CN(CCN1CC(=O)OC(Cl)C(Cl)(Cl)OC(=O)C1)CC(=O)O. The van der Waals surface area contributed by atoms with Crippen molar-refractivity contribution in [3.63, 3.8) is 0 Å². The molecule has 1 saturated heterocycles. The third-order valence-corrected chi connectivity index (χ3v) is 4.08. The van der Waals surface area contributed by atoms with E-state index in [1.54, 1.807) is 0 Å². The van der Waals surface area contributed by atoms with Crippen LogP contribution in [0.3, 0.4) is 0 Å². The molecule has 1 rings (SSSR count). The smallest absolute Gasteiger partial charge is 0.322 e. The minimum absolute atomic E-state index is 0.0186. The summed E-state index contributed by atoms with van der Waals surface area (Å²) in [7, 11) is 0. The molecule has 0 bridgehead atoms. The maximum Gasteiger partial charge on any atom is 0.322 e. The summed E-state index contributed by atoms with van der Waals surface area (Å²) < 4.78 is 7.21. The average Bonchev–Trinajstić information content (AvgIpc) is 2.44. The van der Waals surface area contributed by atoms with Crippen molar-refractivity contribution >= 4 is 58.7 Å². The molecule has 0 aromatic heterocycles. The first-order valence-corrected chi connectivity index (χ1v) is 8.00. The Morgan fingerprint density at radius 3 is 2.20 bits per heavy atom. The van der Waals surface area contributed by atoms with E-state index in [0.717, 1.165) is 4.90 Å². The normalized spacial score (nSPS) is 21.7. The number of esters is 2. The van der Waals surface area contributed by atoms with Gasteiger partial charge in [0.2, 0.25) is 5.56 Å². The molecule has 0 aromatic carbocycles. The molecule has 0 aliphatic carbocycles. The van der Waals surface area contributed by atoms with Gasteiger partial charge in [0.1, 0.15) is 0 Å². The van der Waals surface area contributed by atoms with Crippen molar-refractivity contribution in [3.05, 3.63) is 0 Å². The Kier molecular flexibility index (Phi) is 8.16. The molecule has 1 fully saturated rings. The quantitative estimate of drug-likeness (QED) is 0.411. The van der Waals surface area contributed by atoms with E-state index >= 15 is 0 Å². The number of halogens is 3. The number of hydrogen-bond acceptors (Lipinski definition) is 8. The molecule has 1 unspecified atom stereocenters. The van der Waals surface area contributed by atoms with Crippen LogP contribution >= 0.6 is 34.8 Å². The van der Waals surface area contributed by atoms with Crippen molar-refractivity contribution in [2.24, 2.45) is 0 Å². The Hall–Kier alpha value is -1.33. The monoisotopic (exact) mass is 420 g/mol.